The van der Waals surface area contributed by atoms with E-state index in [4.69, 9.17) is 21.1 Å². The molecule has 1 N–H and O–H groups in total. The lowest BCUT2D eigenvalue weighted by Crippen LogP contribution is -2.34. The average molecular weight is 491 g/mol. The minimum Gasteiger partial charge on any atom is -0.493 e. The van der Waals surface area contributed by atoms with Crippen molar-refractivity contribution in [3.05, 3.63) is 58.0 Å². The molecule has 0 spiro atoms. The van der Waals surface area contributed by atoms with E-state index in [1.54, 1.807) is 42.5 Å². The number of thioether (sulfide) groups is 1. The fourth-order valence-corrected chi connectivity index (χ4v) is 3.71. The van der Waals surface area contributed by atoms with E-state index in [-0.39, 0.29) is 17.4 Å². The number of halogens is 1. The van der Waals surface area contributed by atoms with Crippen molar-refractivity contribution in [2.75, 3.05) is 32.7 Å². The molecule has 0 unspecified atom stereocenters. The van der Waals surface area contributed by atoms with Crippen LogP contribution in [0.15, 0.2) is 47.4 Å². The molecule has 3 amide bonds. The number of nitrogens with one attached hydrogen (secondary N) is 1. The van der Waals surface area contributed by atoms with Crippen LogP contribution in [0.3, 0.4) is 0 Å². The van der Waals surface area contributed by atoms with E-state index < -0.39 is 23.7 Å². The summed E-state index contributed by atoms with van der Waals surface area (Å²) in [6, 6.07) is 11.5. The lowest BCUT2D eigenvalue weighted by Gasteiger charge is -2.12. The van der Waals surface area contributed by atoms with Gasteiger partial charge in [0.25, 0.3) is 17.1 Å². The van der Waals surface area contributed by atoms with E-state index >= 15 is 0 Å². The molecule has 33 heavy (non-hydrogen) atoms. The van der Waals surface area contributed by atoms with Crippen molar-refractivity contribution in [3.8, 4) is 11.5 Å². The number of carbonyl (C=O) groups excluding carboxylic acids is 4. The Balaban J connectivity index is 1.66. The third-order valence-corrected chi connectivity index (χ3v) is 5.52. The van der Waals surface area contributed by atoms with E-state index in [1.807, 2.05) is 0 Å². The zero-order valence-electron chi connectivity index (χ0n) is 17.6. The quantitative estimate of drug-likeness (QED) is 0.441. The molecular weight excluding hydrogens is 472 g/mol. The lowest BCUT2D eigenvalue weighted by molar-refractivity contribution is -0.143. The molecular formula is C22H19ClN2O7S. The van der Waals surface area contributed by atoms with Gasteiger partial charge in [-0.15, -0.1) is 0 Å². The highest BCUT2D eigenvalue weighted by molar-refractivity contribution is 8.18. The summed E-state index contributed by atoms with van der Waals surface area (Å²) >= 11 is 6.54. The van der Waals surface area contributed by atoms with Gasteiger partial charge in [0.15, 0.2) is 18.1 Å². The molecule has 1 heterocycles. The maximum absolute atomic E-state index is 12.4. The fourth-order valence-electron chi connectivity index (χ4n) is 2.75. The van der Waals surface area contributed by atoms with Crippen molar-refractivity contribution in [2.24, 2.45) is 0 Å². The number of esters is 1. The van der Waals surface area contributed by atoms with E-state index in [0.717, 1.165) is 16.7 Å². The lowest BCUT2D eigenvalue weighted by atomic mass is 10.2. The molecule has 172 valence electrons. The van der Waals surface area contributed by atoms with E-state index in [1.165, 1.54) is 20.3 Å². The Morgan fingerprint density at radius 3 is 2.48 bits per heavy atom. The predicted molar refractivity (Wildman–Crippen MR) is 123 cm³/mol. The van der Waals surface area contributed by atoms with E-state index in [0.29, 0.717) is 27.8 Å². The van der Waals surface area contributed by atoms with Gasteiger partial charge in [0.05, 0.1) is 19.1 Å². The average Bonchev–Trinajstić information content (AvgIpc) is 3.06. The molecule has 3 rings (SSSR count). The number of imide groups is 1. The minimum atomic E-state index is -0.693. The summed E-state index contributed by atoms with van der Waals surface area (Å²) in [7, 11) is 2.61. The number of benzene rings is 2. The second-order valence-electron chi connectivity index (χ2n) is 6.60. The fraction of sp³-hybridized carbons (Fsp3) is 0.182. The van der Waals surface area contributed by atoms with Crippen LogP contribution in [0, 0.1) is 0 Å². The molecule has 0 atom stereocenters. The number of hydrogen-bond donors (Lipinski definition) is 1. The molecule has 1 aliphatic heterocycles. The van der Waals surface area contributed by atoms with Crippen LogP contribution in [-0.4, -0.2) is 55.3 Å². The smallest absolute Gasteiger partial charge is 0.325 e. The summed E-state index contributed by atoms with van der Waals surface area (Å²) in [6.45, 7) is -0.711. The zero-order valence-corrected chi connectivity index (χ0v) is 19.2. The maximum Gasteiger partial charge on any atom is 0.325 e. The summed E-state index contributed by atoms with van der Waals surface area (Å²) in [5, 5.41) is 2.68. The third kappa shape index (κ3) is 6.27. The van der Waals surface area contributed by atoms with Crippen molar-refractivity contribution in [2.45, 2.75) is 0 Å². The third-order valence-electron chi connectivity index (χ3n) is 4.36. The van der Waals surface area contributed by atoms with Crippen LogP contribution in [0.1, 0.15) is 5.56 Å². The Morgan fingerprint density at radius 1 is 1.09 bits per heavy atom. The summed E-state index contributed by atoms with van der Waals surface area (Å²) < 4.78 is 15.4. The van der Waals surface area contributed by atoms with Gasteiger partial charge in [0.2, 0.25) is 0 Å². The van der Waals surface area contributed by atoms with Gasteiger partial charge >= 0.3 is 5.97 Å². The second kappa shape index (κ2) is 10.9. The van der Waals surface area contributed by atoms with Crippen molar-refractivity contribution in [1.82, 2.24) is 4.90 Å². The van der Waals surface area contributed by atoms with Crippen molar-refractivity contribution < 1.29 is 33.4 Å². The van der Waals surface area contributed by atoms with Crippen LogP contribution < -0.4 is 14.8 Å². The van der Waals surface area contributed by atoms with E-state index in [9.17, 15) is 19.2 Å². The van der Waals surface area contributed by atoms with Gasteiger partial charge in [0.1, 0.15) is 6.54 Å². The number of rotatable bonds is 8. The van der Waals surface area contributed by atoms with Crippen LogP contribution in [0.5, 0.6) is 11.5 Å². The molecule has 1 fully saturated rings. The Bertz CT molecular complexity index is 1120. The van der Waals surface area contributed by atoms with Crippen LogP contribution in [0.25, 0.3) is 6.08 Å². The first kappa shape index (κ1) is 24.1. The van der Waals surface area contributed by atoms with Crippen molar-refractivity contribution in [1.29, 1.82) is 0 Å². The number of methoxy groups -OCH3 is 2. The SMILES string of the molecule is COC(=O)CN1C(=O)S/C(=C\c2ccc(OCC(=O)Nc3ccc(Cl)cc3)c(OC)c2)C1=O. The first-order valence-corrected chi connectivity index (χ1v) is 10.7. The van der Waals surface area contributed by atoms with Gasteiger partial charge in [-0.2, -0.15) is 0 Å². The highest BCUT2D eigenvalue weighted by Crippen LogP contribution is 2.34. The Morgan fingerprint density at radius 2 is 1.82 bits per heavy atom. The van der Waals surface area contributed by atoms with Crippen LogP contribution >= 0.6 is 23.4 Å². The number of anilines is 1. The Hall–Kier alpha value is -3.50. The molecule has 0 aliphatic carbocycles. The largest absolute Gasteiger partial charge is 0.493 e. The van der Waals surface area contributed by atoms with Crippen LogP contribution in [0.2, 0.25) is 5.02 Å². The predicted octanol–water partition coefficient (Wildman–Crippen LogP) is 3.58. The molecule has 9 nitrogen and oxygen atoms in total. The molecule has 2 aromatic rings. The van der Waals surface area contributed by atoms with Gasteiger partial charge in [-0.3, -0.25) is 24.1 Å². The molecule has 0 bridgehead atoms. The number of carbonyl (C=O) groups is 4. The van der Waals surface area contributed by atoms with Crippen LogP contribution in [-0.2, 0) is 19.1 Å². The van der Waals surface area contributed by atoms with Crippen molar-refractivity contribution >= 4 is 58.1 Å². The normalized spacial score (nSPS) is 14.4. The summed E-state index contributed by atoms with van der Waals surface area (Å²) in [5.41, 5.74) is 1.14. The zero-order chi connectivity index (χ0) is 24.0. The summed E-state index contributed by atoms with van der Waals surface area (Å²) in [4.78, 5) is 49.0. The minimum absolute atomic E-state index is 0.155. The van der Waals surface area contributed by atoms with Crippen LogP contribution in [0.4, 0.5) is 10.5 Å². The number of ether oxygens (including phenoxy) is 3. The maximum atomic E-state index is 12.4. The summed E-state index contributed by atoms with van der Waals surface area (Å²) in [5.74, 6) is -1.00. The monoisotopic (exact) mass is 490 g/mol. The van der Waals surface area contributed by atoms with Gasteiger partial charge in [-0.25, -0.2) is 0 Å². The first-order valence-electron chi connectivity index (χ1n) is 9.49. The van der Waals surface area contributed by atoms with E-state index in [2.05, 4.69) is 10.1 Å². The highest BCUT2D eigenvalue weighted by atomic mass is 35.5. The van der Waals surface area contributed by atoms with Gasteiger partial charge in [-0.1, -0.05) is 17.7 Å². The standard InChI is InChI=1S/C22H19ClN2O7S/c1-30-17-9-13(10-18-21(28)25(22(29)33-18)11-20(27)31-2)3-8-16(17)32-12-19(26)24-15-6-4-14(23)5-7-15/h3-10H,11-12H2,1-2H3,(H,24,26)/b18-10-. The molecule has 2 aromatic carbocycles. The molecule has 11 heteroatoms. The molecule has 0 saturated carbocycles. The van der Waals surface area contributed by atoms with Crippen molar-refractivity contribution in [3.63, 3.8) is 0 Å². The van der Waals surface area contributed by atoms with Gasteiger partial charge in [0, 0.05) is 10.7 Å². The molecule has 0 radical (unpaired) electrons. The summed E-state index contributed by atoms with van der Waals surface area (Å²) in [6.07, 6.45) is 1.50. The Kier molecular flexibility index (Phi) is 7.96. The first-order chi connectivity index (χ1) is 15.8. The topological polar surface area (TPSA) is 111 Å². The number of hydrogen-bond acceptors (Lipinski definition) is 8. The van der Waals surface area contributed by atoms with Gasteiger partial charge in [-0.05, 0) is 59.8 Å². The number of nitrogens with zero attached hydrogens (tertiary/aromatic N) is 1. The highest BCUT2D eigenvalue weighted by Gasteiger charge is 2.36. The molecule has 1 aliphatic rings. The molecule has 0 aromatic heterocycles. The second-order valence-corrected chi connectivity index (χ2v) is 8.03. The Labute approximate surface area is 198 Å². The van der Waals surface area contributed by atoms with Gasteiger partial charge < -0.3 is 19.5 Å². The number of amides is 3. The molecule has 1 saturated heterocycles.